The first-order chi connectivity index (χ1) is 18.4. The van der Waals surface area contributed by atoms with Crippen molar-refractivity contribution in [2.75, 3.05) is 23.7 Å². The van der Waals surface area contributed by atoms with Crippen LogP contribution in [0.5, 0.6) is 0 Å². The van der Waals surface area contributed by atoms with Gasteiger partial charge in [-0.2, -0.15) is 0 Å². The average molecular weight is 556 g/mol. The third-order valence-electron chi connectivity index (χ3n) is 5.93. The number of pyridine rings is 2. The standard InChI is InChI=1S/C27H27ClFN5O5/c1-27(2,3)39-26(38)33-14-18(19(15-33)25(37)32-22-10-7-16(28)13-30-22)24(36)31-21-9-8-17(12-20(21)29)34-11-5-4-6-23(34)35/h4-13,18-19H,14-15H2,1-3H3,(H,31,36)(H,30,32,37). The smallest absolute Gasteiger partial charge is 0.410 e. The number of rotatable bonds is 5. The second-order valence-corrected chi connectivity index (χ2v) is 10.4. The molecule has 0 saturated carbocycles. The molecule has 2 N–H and O–H groups in total. The molecule has 12 heteroatoms. The number of nitrogens with one attached hydrogen (secondary N) is 2. The molecule has 10 nitrogen and oxygen atoms in total. The molecule has 1 aromatic carbocycles. The van der Waals surface area contributed by atoms with Crippen molar-refractivity contribution in [3.8, 4) is 5.69 Å². The zero-order chi connectivity index (χ0) is 28.3. The van der Waals surface area contributed by atoms with Crippen molar-refractivity contribution >= 4 is 41.0 Å². The predicted octanol–water partition coefficient (Wildman–Crippen LogP) is 4.09. The molecule has 0 bridgehead atoms. The number of nitrogens with zero attached hydrogens (tertiary/aromatic N) is 3. The van der Waals surface area contributed by atoms with Crippen molar-refractivity contribution in [2.24, 2.45) is 11.8 Å². The van der Waals surface area contributed by atoms with Gasteiger partial charge in [0.15, 0.2) is 0 Å². The van der Waals surface area contributed by atoms with Crippen LogP contribution in [0.4, 0.5) is 20.7 Å². The number of carbonyl (C=O) groups excluding carboxylic acids is 3. The molecule has 2 aromatic heterocycles. The van der Waals surface area contributed by atoms with Crippen LogP contribution in [0.1, 0.15) is 20.8 Å². The Balaban J connectivity index is 1.55. The Morgan fingerprint density at radius 3 is 2.31 bits per heavy atom. The van der Waals surface area contributed by atoms with Crippen molar-refractivity contribution in [3.63, 3.8) is 0 Å². The SMILES string of the molecule is CC(C)(C)OC(=O)N1CC(C(=O)Nc2ccc(Cl)cn2)C(C(=O)Nc2ccc(-n3ccccc3=O)cc2F)C1. The van der Waals surface area contributed by atoms with Gasteiger partial charge >= 0.3 is 6.09 Å². The first kappa shape index (κ1) is 27.8. The van der Waals surface area contributed by atoms with Gasteiger partial charge < -0.3 is 20.3 Å². The molecule has 4 rings (SSSR count). The normalized spacial score (nSPS) is 17.0. The van der Waals surface area contributed by atoms with Gasteiger partial charge in [0.25, 0.3) is 5.56 Å². The summed E-state index contributed by atoms with van der Waals surface area (Å²) in [7, 11) is 0. The zero-order valence-corrected chi connectivity index (χ0v) is 22.2. The lowest BCUT2D eigenvalue weighted by molar-refractivity contribution is -0.127. The van der Waals surface area contributed by atoms with E-state index in [9.17, 15) is 23.6 Å². The summed E-state index contributed by atoms with van der Waals surface area (Å²) in [6.45, 7) is 4.91. The number of benzene rings is 1. The van der Waals surface area contributed by atoms with Gasteiger partial charge in [0.2, 0.25) is 11.8 Å². The first-order valence-corrected chi connectivity index (χ1v) is 12.5. The van der Waals surface area contributed by atoms with E-state index in [-0.39, 0.29) is 35.8 Å². The quantitative estimate of drug-likeness (QED) is 0.489. The highest BCUT2D eigenvalue weighted by molar-refractivity contribution is 6.30. The van der Waals surface area contributed by atoms with E-state index < -0.39 is 41.2 Å². The summed E-state index contributed by atoms with van der Waals surface area (Å²) in [4.78, 5) is 56.6. The fourth-order valence-electron chi connectivity index (χ4n) is 4.10. The molecule has 1 saturated heterocycles. The van der Waals surface area contributed by atoms with Crippen LogP contribution in [0.25, 0.3) is 5.69 Å². The second-order valence-electron chi connectivity index (χ2n) is 10.0. The molecule has 0 spiro atoms. The molecule has 204 valence electrons. The van der Waals surface area contributed by atoms with E-state index in [2.05, 4.69) is 15.6 Å². The Kier molecular flexibility index (Phi) is 8.01. The molecule has 1 aliphatic heterocycles. The van der Waals surface area contributed by atoms with Crippen LogP contribution in [0.2, 0.25) is 5.02 Å². The summed E-state index contributed by atoms with van der Waals surface area (Å²) in [5.74, 6) is -3.74. The number of ether oxygens (including phenoxy) is 1. The van der Waals surface area contributed by atoms with Gasteiger partial charge in [-0.25, -0.2) is 14.2 Å². The van der Waals surface area contributed by atoms with Crippen LogP contribution in [0.3, 0.4) is 0 Å². The summed E-state index contributed by atoms with van der Waals surface area (Å²) < 4.78 is 21.6. The van der Waals surface area contributed by atoms with E-state index in [4.69, 9.17) is 16.3 Å². The minimum atomic E-state index is -1.01. The fourth-order valence-corrected chi connectivity index (χ4v) is 4.21. The number of anilines is 2. The minimum Gasteiger partial charge on any atom is -0.444 e. The maximum absolute atomic E-state index is 15.0. The van der Waals surface area contributed by atoms with E-state index in [0.717, 1.165) is 6.07 Å². The lowest BCUT2D eigenvalue weighted by Gasteiger charge is -2.24. The van der Waals surface area contributed by atoms with Crippen molar-refractivity contribution in [2.45, 2.75) is 26.4 Å². The highest BCUT2D eigenvalue weighted by Gasteiger charge is 2.45. The summed E-state index contributed by atoms with van der Waals surface area (Å²) in [6.07, 6.45) is 2.18. The van der Waals surface area contributed by atoms with Gasteiger partial charge in [-0.1, -0.05) is 17.7 Å². The minimum absolute atomic E-state index is 0.0925. The van der Waals surface area contributed by atoms with Gasteiger partial charge in [-0.3, -0.25) is 19.0 Å². The average Bonchev–Trinajstić information content (AvgIpc) is 3.32. The lowest BCUT2D eigenvalue weighted by atomic mass is 9.94. The number of carbonyl (C=O) groups is 3. The predicted molar refractivity (Wildman–Crippen MR) is 143 cm³/mol. The molecule has 3 heterocycles. The highest BCUT2D eigenvalue weighted by atomic mass is 35.5. The number of aromatic nitrogens is 2. The summed E-state index contributed by atoms with van der Waals surface area (Å²) in [5.41, 5.74) is -0.984. The Morgan fingerprint density at radius 1 is 1.03 bits per heavy atom. The van der Waals surface area contributed by atoms with E-state index in [1.165, 1.54) is 46.1 Å². The lowest BCUT2D eigenvalue weighted by Crippen LogP contribution is -2.36. The van der Waals surface area contributed by atoms with Crippen molar-refractivity contribution in [1.29, 1.82) is 0 Å². The molecule has 3 aromatic rings. The number of amides is 3. The van der Waals surface area contributed by atoms with Crippen LogP contribution >= 0.6 is 11.6 Å². The fraction of sp³-hybridized carbons (Fsp3) is 0.296. The Morgan fingerprint density at radius 2 is 1.72 bits per heavy atom. The monoisotopic (exact) mass is 555 g/mol. The second kappa shape index (κ2) is 11.2. The molecular weight excluding hydrogens is 529 g/mol. The van der Waals surface area contributed by atoms with Crippen LogP contribution in [0.15, 0.2) is 65.7 Å². The third kappa shape index (κ3) is 6.80. The summed E-state index contributed by atoms with van der Waals surface area (Å²) in [5, 5.41) is 5.53. The van der Waals surface area contributed by atoms with E-state index in [1.807, 2.05) is 0 Å². The topological polar surface area (TPSA) is 123 Å². The van der Waals surface area contributed by atoms with Crippen LogP contribution in [-0.2, 0) is 14.3 Å². The molecule has 0 aliphatic carbocycles. The highest BCUT2D eigenvalue weighted by Crippen LogP contribution is 2.29. The molecule has 1 aliphatic rings. The molecule has 3 amide bonds. The maximum atomic E-state index is 15.0. The van der Waals surface area contributed by atoms with Gasteiger partial charge in [0.1, 0.15) is 17.2 Å². The number of halogens is 2. The van der Waals surface area contributed by atoms with Gasteiger partial charge in [0.05, 0.1) is 28.2 Å². The molecule has 39 heavy (non-hydrogen) atoms. The van der Waals surface area contributed by atoms with Gasteiger partial charge in [-0.15, -0.1) is 0 Å². The maximum Gasteiger partial charge on any atom is 0.410 e. The van der Waals surface area contributed by atoms with E-state index in [0.29, 0.717) is 5.02 Å². The Hall–Kier alpha value is -4.25. The largest absolute Gasteiger partial charge is 0.444 e. The molecule has 0 radical (unpaired) electrons. The first-order valence-electron chi connectivity index (χ1n) is 12.1. The summed E-state index contributed by atoms with van der Waals surface area (Å²) >= 11 is 5.86. The van der Waals surface area contributed by atoms with E-state index >= 15 is 0 Å². The van der Waals surface area contributed by atoms with Crippen molar-refractivity contribution in [3.05, 3.63) is 82.1 Å². The third-order valence-corrected chi connectivity index (χ3v) is 6.16. The zero-order valence-electron chi connectivity index (χ0n) is 21.5. The van der Waals surface area contributed by atoms with Crippen LogP contribution < -0.4 is 16.2 Å². The molecular formula is C27H27ClFN5O5. The van der Waals surface area contributed by atoms with Gasteiger partial charge in [0, 0.05) is 37.6 Å². The Labute approximate surface area is 228 Å². The molecule has 1 fully saturated rings. The number of likely N-dealkylation sites (tertiary alicyclic amines) is 1. The van der Waals surface area contributed by atoms with E-state index in [1.54, 1.807) is 39.0 Å². The summed E-state index contributed by atoms with van der Waals surface area (Å²) in [6, 6.07) is 11.5. The van der Waals surface area contributed by atoms with Crippen LogP contribution in [-0.4, -0.2) is 51.0 Å². The molecule has 2 unspecified atom stereocenters. The Bertz CT molecular complexity index is 1450. The van der Waals surface area contributed by atoms with Crippen LogP contribution in [0, 0.1) is 17.7 Å². The van der Waals surface area contributed by atoms with Crippen molar-refractivity contribution < 1.29 is 23.5 Å². The number of hydrogen-bond acceptors (Lipinski definition) is 6. The van der Waals surface area contributed by atoms with Gasteiger partial charge in [-0.05, 0) is 51.1 Å². The van der Waals surface area contributed by atoms with Crippen molar-refractivity contribution in [1.82, 2.24) is 14.5 Å². The number of hydrogen-bond donors (Lipinski definition) is 2. The molecule has 2 atom stereocenters.